The van der Waals surface area contributed by atoms with Crippen LogP contribution in [0.4, 0.5) is 16.2 Å². The number of urea groups is 1. The molecule has 3 aromatic rings. The fraction of sp³-hybridized carbons (Fsp3) is 0.111. The lowest BCUT2D eigenvalue weighted by atomic mass is 10.1. The van der Waals surface area contributed by atoms with Crippen LogP contribution in [0.1, 0.15) is 11.1 Å². The first kappa shape index (κ1) is 28.4. The van der Waals surface area contributed by atoms with E-state index in [1.165, 1.54) is 19.3 Å². The fourth-order valence-corrected chi connectivity index (χ4v) is 4.77. The number of methoxy groups -OCH3 is 1. The molecule has 9 nitrogen and oxygen atoms in total. The van der Waals surface area contributed by atoms with Gasteiger partial charge in [0.25, 0.3) is 17.7 Å². The number of anilines is 2. The Morgan fingerprint density at radius 2 is 1.82 bits per heavy atom. The zero-order valence-electron chi connectivity index (χ0n) is 20.5. The molecule has 0 radical (unpaired) electrons. The second kappa shape index (κ2) is 12.1. The average molecular weight is 680 g/mol. The first-order chi connectivity index (χ1) is 18.6. The number of barbiturate groups is 1. The summed E-state index contributed by atoms with van der Waals surface area (Å²) in [4.78, 5) is 51.5. The fourth-order valence-electron chi connectivity index (χ4n) is 3.63. The summed E-state index contributed by atoms with van der Waals surface area (Å²) in [5.41, 5.74) is 1.60. The quantitative estimate of drug-likeness (QED) is 0.191. The van der Waals surface area contributed by atoms with E-state index in [0.717, 1.165) is 10.5 Å². The number of hydrogen-bond acceptors (Lipinski definition) is 6. The van der Waals surface area contributed by atoms with Gasteiger partial charge in [-0.25, -0.2) is 9.69 Å². The molecule has 1 aliphatic heterocycles. The van der Waals surface area contributed by atoms with Crippen molar-refractivity contribution in [2.75, 3.05) is 23.9 Å². The zero-order valence-corrected chi connectivity index (χ0v) is 24.2. The Labute approximate surface area is 247 Å². The highest BCUT2D eigenvalue weighted by molar-refractivity contribution is 14.1. The van der Waals surface area contributed by atoms with Gasteiger partial charge in [0.1, 0.15) is 5.57 Å². The summed E-state index contributed by atoms with van der Waals surface area (Å²) < 4.78 is 11.7. The van der Waals surface area contributed by atoms with Gasteiger partial charge in [0.05, 0.1) is 27.1 Å². The van der Waals surface area contributed by atoms with E-state index in [4.69, 9.17) is 32.7 Å². The third kappa shape index (κ3) is 6.35. The van der Waals surface area contributed by atoms with Gasteiger partial charge in [-0.1, -0.05) is 41.4 Å². The van der Waals surface area contributed by atoms with E-state index in [2.05, 4.69) is 10.6 Å². The zero-order chi connectivity index (χ0) is 28.3. The predicted molar refractivity (Wildman–Crippen MR) is 156 cm³/mol. The lowest BCUT2D eigenvalue weighted by Crippen LogP contribution is -2.54. The summed E-state index contributed by atoms with van der Waals surface area (Å²) in [7, 11) is 1.42. The number of ether oxygens (including phenoxy) is 2. The molecule has 1 aliphatic rings. The highest BCUT2D eigenvalue weighted by Crippen LogP contribution is 2.35. The number of rotatable bonds is 7. The molecule has 0 saturated carbocycles. The van der Waals surface area contributed by atoms with Crippen LogP contribution < -0.4 is 25.0 Å². The molecule has 39 heavy (non-hydrogen) atoms. The molecule has 1 fully saturated rings. The Morgan fingerprint density at radius 1 is 1.08 bits per heavy atom. The molecule has 0 unspecified atom stereocenters. The first-order valence-corrected chi connectivity index (χ1v) is 13.1. The Hall–Kier alpha value is -3.61. The Balaban J connectivity index is 1.57. The predicted octanol–water partition coefficient (Wildman–Crippen LogP) is 5.60. The van der Waals surface area contributed by atoms with Gasteiger partial charge in [-0.2, -0.15) is 0 Å². The monoisotopic (exact) mass is 679 g/mol. The van der Waals surface area contributed by atoms with E-state index in [9.17, 15) is 19.2 Å². The lowest BCUT2D eigenvalue weighted by Gasteiger charge is -2.26. The van der Waals surface area contributed by atoms with E-state index in [1.54, 1.807) is 55.5 Å². The van der Waals surface area contributed by atoms with Crippen LogP contribution in [-0.2, 0) is 14.4 Å². The molecule has 0 bridgehead atoms. The minimum absolute atomic E-state index is 0.220. The van der Waals surface area contributed by atoms with Crippen molar-refractivity contribution in [2.24, 2.45) is 0 Å². The van der Waals surface area contributed by atoms with Crippen LogP contribution in [0.15, 0.2) is 60.2 Å². The number of nitrogens with zero attached hydrogens (tertiary/aromatic N) is 1. The van der Waals surface area contributed by atoms with Crippen molar-refractivity contribution in [3.63, 3.8) is 0 Å². The maximum absolute atomic E-state index is 13.2. The molecule has 0 spiro atoms. The number of carbonyl (C=O) groups excluding carboxylic acids is 4. The molecular formula is C27H20Cl2IN3O6. The minimum atomic E-state index is -0.881. The maximum Gasteiger partial charge on any atom is 0.335 e. The van der Waals surface area contributed by atoms with Gasteiger partial charge in [0.2, 0.25) is 0 Å². The molecule has 2 N–H and O–H groups in total. The molecule has 1 saturated heterocycles. The molecular weight excluding hydrogens is 660 g/mol. The van der Waals surface area contributed by atoms with E-state index < -0.39 is 23.8 Å². The molecule has 3 aromatic carbocycles. The molecule has 1 heterocycles. The number of halogens is 3. The second-order valence-corrected chi connectivity index (χ2v) is 10.2. The van der Waals surface area contributed by atoms with E-state index in [-0.39, 0.29) is 23.6 Å². The Bertz CT molecular complexity index is 1540. The number of amides is 5. The summed E-state index contributed by atoms with van der Waals surface area (Å²) in [6, 6.07) is 13.8. The van der Waals surface area contributed by atoms with Gasteiger partial charge in [0, 0.05) is 5.02 Å². The second-order valence-electron chi connectivity index (χ2n) is 8.24. The summed E-state index contributed by atoms with van der Waals surface area (Å²) in [5, 5.41) is 5.61. The van der Waals surface area contributed by atoms with Crippen molar-refractivity contribution in [3.05, 3.63) is 84.9 Å². The highest BCUT2D eigenvalue weighted by atomic mass is 127. The Morgan fingerprint density at radius 3 is 2.51 bits per heavy atom. The summed E-state index contributed by atoms with van der Waals surface area (Å²) in [6.07, 6.45) is 1.34. The maximum atomic E-state index is 13.2. The molecule has 5 amide bonds. The van der Waals surface area contributed by atoms with Crippen LogP contribution in [0.3, 0.4) is 0 Å². The smallest absolute Gasteiger partial charge is 0.335 e. The standard InChI is InChI=1S/C27H20Cl2IN3O6/c1-14-7-8-16(12-19(14)29)33-26(36)17(25(35)32-27(33)37)9-15-10-20(30)24(22(11-15)38-2)39-13-23(34)31-21-6-4-3-5-18(21)28/h3-12H,13H2,1-2H3,(H,31,34)(H,32,35,37)/b17-9+. The molecule has 12 heteroatoms. The summed E-state index contributed by atoms with van der Waals surface area (Å²) in [5.74, 6) is -1.53. The topological polar surface area (TPSA) is 114 Å². The van der Waals surface area contributed by atoms with Gasteiger partial charge >= 0.3 is 6.03 Å². The van der Waals surface area contributed by atoms with Crippen molar-refractivity contribution in [1.29, 1.82) is 0 Å². The van der Waals surface area contributed by atoms with Crippen molar-refractivity contribution in [1.82, 2.24) is 5.32 Å². The normalized spacial score (nSPS) is 14.3. The van der Waals surface area contributed by atoms with E-state index >= 15 is 0 Å². The van der Waals surface area contributed by atoms with Gasteiger partial charge in [0.15, 0.2) is 18.1 Å². The summed E-state index contributed by atoms with van der Waals surface area (Å²) in [6.45, 7) is 1.46. The van der Waals surface area contributed by atoms with E-state index in [0.29, 0.717) is 30.6 Å². The van der Waals surface area contributed by atoms with Gasteiger partial charge in [-0.05, 0) is 83.1 Å². The van der Waals surface area contributed by atoms with E-state index in [1.807, 2.05) is 22.6 Å². The van der Waals surface area contributed by atoms with Crippen molar-refractivity contribution in [3.8, 4) is 11.5 Å². The van der Waals surface area contributed by atoms with Crippen LogP contribution >= 0.6 is 45.8 Å². The van der Waals surface area contributed by atoms with Crippen LogP contribution in [0.5, 0.6) is 11.5 Å². The van der Waals surface area contributed by atoms with Gasteiger partial charge < -0.3 is 14.8 Å². The number of carbonyl (C=O) groups is 4. The molecule has 200 valence electrons. The number of para-hydroxylation sites is 1. The molecule has 0 aliphatic carbocycles. The third-order valence-corrected chi connectivity index (χ3v) is 7.11. The number of hydrogen-bond donors (Lipinski definition) is 2. The molecule has 4 rings (SSSR count). The van der Waals surface area contributed by atoms with Crippen molar-refractivity contribution < 1.29 is 28.7 Å². The van der Waals surface area contributed by atoms with Crippen LogP contribution in [-0.4, -0.2) is 37.5 Å². The molecule has 0 atom stereocenters. The number of aryl methyl sites for hydroxylation is 1. The van der Waals surface area contributed by atoms with Crippen LogP contribution in [0, 0.1) is 10.5 Å². The molecule has 0 aromatic heterocycles. The number of imide groups is 2. The van der Waals surface area contributed by atoms with Gasteiger partial charge in [-0.15, -0.1) is 0 Å². The first-order valence-electron chi connectivity index (χ1n) is 11.3. The van der Waals surface area contributed by atoms with Crippen LogP contribution in [0.25, 0.3) is 6.08 Å². The number of nitrogens with one attached hydrogen (secondary N) is 2. The van der Waals surface area contributed by atoms with Gasteiger partial charge in [-0.3, -0.25) is 19.7 Å². The number of benzene rings is 3. The minimum Gasteiger partial charge on any atom is -0.493 e. The third-order valence-electron chi connectivity index (χ3n) is 5.57. The highest BCUT2D eigenvalue weighted by Gasteiger charge is 2.37. The largest absolute Gasteiger partial charge is 0.493 e. The Kier molecular flexibility index (Phi) is 8.78. The van der Waals surface area contributed by atoms with Crippen LogP contribution in [0.2, 0.25) is 10.0 Å². The summed E-state index contributed by atoms with van der Waals surface area (Å²) >= 11 is 14.2. The average Bonchev–Trinajstić information content (AvgIpc) is 2.89. The van der Waals surface area contributed by atoms with Crippen molar-refractivity contribution in [2.45, 2.75) is 6.92 Å². The SMILES string of the molecule is COc1cc(/C=C2\C(=O)NC(=O)N(c3ccc(C)c(Cl)c3)C2=O)cc(I)c1OCC(=O)Nc1ccccc1Cl. The lowest BCUT2D eigenvalue weighted by molar-refractivity contribution is -0.122. The van der Waals surface area contributed by atoms with Crippen molar-refractivity contribution >= 4 is 87.0 Å².